The minimum Gasteiger partial charge on any atom is -0.337 e. The van der Waals surface area contributed by atoms with E-state index in [1.165, 1.54) is 12.1 Å². The summed E-state index contributed by atoms with van der Waals surface area (Å²) in [6, 6.07) is 5.63. The molecule has 24 heavy (non-hydrogen) atoms. The Bertz CT molecular complexity index is 689. The summed E-state index contributed by atoms with van der Waals surface area (Å²) in [4.78, 5) is 25.8. The van der Waals surface area contributed by atoms with E-state index in [0.29, 0.717) is 13.0 Å². The third-order valence-electron chi connectivity index (χ3n) is 5.00. The smallest absolute Gasteiger partial charge is 0.319 e. The first-order valence-corrected chi connectivity index (χ1v) is 8.28. The molecule has 0 saturated carbocycles. The van der Waals surface area contributed by atoms with Crippen molar-refractivity contribution in [3.63, 3.8) is 0 Å². The average molecular weight is 331 g/mol. The second-order valence-corrected chi connectivity index (χ2v) is 6.50. The number of hydrogen-bond donors (Lipinski definition) is 2. The van der Waals surface area contributed by atoms with E-state index in [0.717, 1.165) is 31.4 Å². The third-order valence-corrected chi connectivity index (χ3v) is 5.00. The van der Waals surface area contributed by atoms with Gasteiger partial charge in [-0.15, -0.1) is 0 Å². The van der Waals surface area contributed by atoms with Gasteiger partial charge in [-0.2, -0.15) is 0 Å². The standard InChI is InChI=1S/C18H22FN3O2/c1-22-15-8-4-5-10-18(15,11-9-16(22)23)12-20-17(24)21-14-7-3-2-6-13(14)19/h2-3,6-8H,4-5,9-12H2,1H3,(H2,20,21,24). The van der Waals surface area contributed by atoms with Crippen LogP contribution < -0.4 is 10.6 Å². The predicted molar refractivity (Wildman–Crippen MR) is 89.8 cm³/mol. The summed E-state index contributed by atoms with van der Waals surface area (Å²) in [5, 5.41) is 5.39. The third kappa shape index (κ3) is 3.13. The van der Waals surface area contributed by atoms with Gasteiger partial charge in [0, 0.05) is 31.1 Å². The lowest BCUT2D eigenvalue weighted by Gasteiger charge is -2.46. The van der Waals surface area contributed by atoms with E-state index in [9.17, 15) is 14.0 Å². The Labute approximate surface area is 140 Å². The summed E-state index contributed by atoms with van der Waals surface area (Å²) in [7, 11) is 1.80. The quantitative estimate of drug-likeness (QED) is 0.893. The molecule has 128 valence electrons. The van der Waals surface area contributed by atoms with E-state index in [-0.39, 0.29) is 17.0 Å². The number of amides is 3. The Morgan fingerprint density at radius 3 is 2.92 bits per heavy atom. The molecule has 5 nitrogen and oxygen atoms in total. The van der Waals surface area contributed by atoms with Gasteiger partial charge in [-0.3, -0.25) is 4.79 Å². The number of carbonyl (C=O) groups excluding carboxylic acids is 2. The Kier molecular flexibility index (Phi) is 4.55. The average Bonchev–Trinajstić information content (AvgIpc) is 2.59. The summed E-state index contributed by atoms with van der Waals surface area (Å²) in [6.07, 6.45) is 6.28. The molecule has 1 atom stereocenters. The Morgan fingerprint density at radius 2 is 2.12 bits per heavy atom. The molecule has 0 bridgehead atoms. The number of urea groups is 1. The van der Waals surface area contributed by atoms with Crippen molar-refractivity contribution in [2.24, 2.45) is 5.41 Å². The second-order valence-electron chi connectivity index (χ2n) is 6.50. The first-order chi connectivity index (χ1) is 11.5. The summed E-state index contributed by atoms with van der Waals surface area (Å²) < 4.78 is 13.6. The molecule has 3 amide bonds. The monoisotopic (exact) mass is 331 g/mol. The van der Waals surface area contributed by atoms with E-state index in [1.807, 2.05) is 0 Å². The molecular weight excluding hydrogens is 309 g/mol. The lowest BCUT2D eigenvalue weighted by molar-refractivity contribution is -0.132. The Hall–Kier alpha value is -2.37. The number of allylic oxidation sites excluding steroid dienone is 1. The Morgan fingerprint density at radius 1 is 1.33 bits per heavy atom. The zero-order valence-corrected chi connectivity index (χ0v) is 13.8. The van der Waals surface area contributed by atoms with Gasteiger partial charge in [0.05, 0.1) is 5.69 Å². The number of carbonyl (C=O) groups is 2. The molecule has 6 heteroatoms. The van der Waals surface area contributed by atoms with Crippen LogP contribution in [0.25, 0.3) is 0 Å². The molecule has 2 N–H and O–H groups in total. The molecule has 1 saturated heterocycles. The molecule has 0 spiro atoms. The largest absolute Gasteiger partial charge is 0.337 e. The molecule has 1 aliphatic heterocycles. The van der Waals surface area contributed by atoms with E-state index in [1.54, 1.807) is 24.1 Å². The maximum absolute atomic E-state index is 13.6. The molecule has 1 heterocycles. The fraction of sp³-hybridized carbons (Fsp3) is 0.444. The minimum absolute atomic E-state index is 0.120. The molecule has 1 unspecified atom stereocenters. The fourth-order valence-corrected chi connectivity index (χ4v) is 3.66. The number of nitrogens with one attached hydrogen (secondary N) is 2. The lowest BCUT2D eigenvalue weighted by atomic mass is 9.70. The van der Waals surface area contributed by atoms with Crippen molar-refractivity contribution in [2.45, 2.75) is 32.1 Å². The maximum Gasteiger partial charge on any atom is 0.319 e. The fourth-order valence-electron chi connectivity index (χ4n) is 3.66. The molecule has 2 aliphatic rings. The van der Waals surface area contributed by atoms with Gasteiger partial charge in [0.1, 0.15) is 5.82 Å². The molecule has 1 fully saturated rings. The number of halogens is 1. The van der Waals surface area contributed by atoms with Crippen LogP contribution in [0.3, 0.4) is 0 Å². The van der Waals surface area contributed by atoms with Gasteiger partial charge in [0.2, 0.25) is 5.91 Å². The van der Waals surface area contributed by atoms with E-state index >= 15 is 0 Å². The number of anilines is 1. The number of nitrogens with zero attached hydrogens (tertiary/aromatic N) is 1. The van der Waals surface area contributed by atoms with Gasteiger partial charge in [0.25, 0.3) is 0 Å². The number of likely N-dealkylation sites (tertiary alicyclic amines) is 1. The summed E-state index contributed by atoms with van der Waals surface area (Å²) >= 11 is 0. The van der Waals surface area contributed by atoms with Crippen molar-refractivity contribution in [1.29, 1.82) is 0 Å². The highest BCUT2D eigenvalue weighted by molar-refractivity contribution is 5.89. The highest BCUT2D eigenvalue weighted by Gasteiger charge is 2.43. The van der Waals surface area contributed by atoms with Crippen molar-refractivity contribution in [3.05, 3.63) is 41.9 Å². The van der Waals surface area contributed by atoms with Gasteiger partial charge in [0.15, 0.2) is 0 Å². The van der Waals surface area contributed by atoms with Crippen molar-refractivity contribution < 1.29 is 14.0 Å². The SMILES string of the molecule is CN1C(=O)CCC2(CNC(=O)Nc3ccccc3F)CCCC=C12. The van der Waals surface area contributed by atoms with Crippen LogP contribution >= 0.6 is 0 Å². The second kappa shape index (κ2) is 6.63. The topological polar surface area (TPSA) is 61.4 Å². The summed E-state index contributed by atoms with van der Waals surface area (Å²) in [5.41, 5.74) is 0.965. The zero-order chi connectivity index (χ0) is 17.2. The highest BCUT2D eigenvalue weighted by atomic mass is 19.1. The van der Waals surface area contributed by atoms with Gasteiger partial charge in [-0.1, -0.05) is 18.2 Å². The normalized spacial score (nSPS) is 23.3. The van der Waals surface area contributed by atoms with Crippen LogP contribution in [0, 0.1) is 11.2 Å². The summed E-state index contributed by atoms with van der Waals surface area (Å²) in [6.45, 7) is 0.441. The van der Waals surface area contributed by atoms with Crippen molar-refractivity contribution in [1.82, 2.24) is 10.2 Å². The Balaban J connectivity index is 1.67. The van der Waals surface area contributed by atoms with Crippen LogP contribution in [0.2, 0.25) is 0 Å². The van der Waals surface area contributed by atoms with Gasteiger partial charge < -0.3 is 15.5 Å². The van der Waals surface area contributed by atoms with Crippen LogP contribution in [-0.4, -0.2) is 30.4 Å². The number of para-hydroxylation sites is 1. The minimum atomic E-state index is -0.466. The highest BCUT2D eigenvalue weighted by Crippen LogP contribution is 2.45. The first-order valence-electron chi connectivity index (χ1n) is 8.28. The van der Waals surface area contributed by atoms with Crippen LogP contribution in [0.15, 0.2) is 36.0 Å². The number of rotatable bonds is 3. The maximum atomic E-state index is 13.6. The van der Waals surface area contributed by atoms with Crippen LogP contribution in [0.5, 0.6) is 0 Å². The van der Waals surface area contributed by atoms with Crippen LogP contribution in [-0.2, 0) is 4.79 Å². The van der Waals surface area contributed by atoms with E-state index < -0.39 is 11.8 Å². The van der Waals surface area contributed by atoms with Crippen LogP contribution in [0.4, 0.5) is 14.9 Å². The molecule has 0 aromatic heterocycles. The van der Waals surface area contributed by atoms with E-state index in [2.05, 4.69) is 16.7 Å². The molecule has 1 aromatic rings. The molecule has 3 rings (SSSR count). The predicted octanol–water partition coefficient (Wildman–Crippen LogP) is 3.25. The molecule has 1 aliphatic carbocycles. The van der Waals surface area contributed by atoms with Gasteiger partial charge in [-0.25, -0.2) is 9.18 Å². The zero-order valence-electron chi connectivity index (χ0n) is 13.8. The lowest BCUT2D eigenvalue weighted by Crippen LogP contribution is -2.49. The molecular formula is C18H22FN3O2. The van der Waals surface area contributed by atoms with E-state index in [4.69, 9.17) is 0 Å². The number of fused-ring (bicyclic) bond motifs is 1. The van der Waals surface area contributed by atoms with Crippen molar-refractivity contribution in [3.8, 4) is 0 Å². The van der Waals surface area contributed by atoms with Gasteiger partial charge in [-0.05, 0) is 37.8 Å². The van der Waals surface area contributed by atoms with Gasteiger partial charge >= 0.3 is 6.03 Å². The number of piperidine rings is 1. The van der Waals surface area contributed by atoms with Crippen molar-refractivity contribution >= 4 is 17.6 Å². The number of benzene rings is 1. The molecule has 0 radical (unpaired) electrons. The summed E-state index contributed by atoms with van der Waals surface area (Å²) in [5.74, 6) is -0.346. The first kappa shape index (κ1) is 16.5. The molecule has 1 aromatic carbocycles. The van der Waals surface area contributed by atoms with Crippen molar-refractivity contribution in [2.75, 3.05) is 18.9 Å². The van der Waals surface area contributed by atoms with Crippen LogP contribution in [0.1, 0.15) is 32.1 Å². The number of hydrogen-bond acceptors (Lipinski definition) is 2.